The Hall–Kier alpha value is -0.430. The van der Waals surface area contributed by atoms with Crippen LogP contribution in [0.4, 0.5) is 0 Å². The van der Waals surface area contributed by atoms with Crippen LogP contribution in [0.1, 0.15) is 60.8 Å². The van der Waals surface area contributed by atoms with E-state index in [1.165, 1.54) is 0 Å². The highest BCUT2D eigenvalue weighted by Crippen LogP contribution is 2.50. The van der Waals surface area contributed by atoms with E-state index in [4.69, 9.17) is 5.11 Å². The third kappa shape index (κ3) is 5.16. The molecule has 0 aromatic rings. The summed E-state index contributed by atoms with van der Waals surface area (Å²) in [5.41, 5.74) is -0.0251. The molecule has 0 aliphatic rings. The van der Waals surface area contributed by atoms with Gasteiger partial charge in [0.25, 0.3) is 0 Å². The molecule has 0 bridgehead atoms. The molecular formula is C13H25O3P. The number of carboxylic acid groups (broad SMARTS) is 1. The minimum atomic E-state index is -0.827. The molecule has 0 spiro atoms. The van der Waals surface area contributed by atoms with Crippen molar-refractivity contribution in [1.29, 1.82) is 0 Å². The van der Waals surface area contributed by atoms with Gasteiger partial charge in [-0.1, -0.05) is 34.6 Å². The third-order valence-corrected chi connectivity index (χ3v) is 4.69. The second-order valence-electron chi connectivity index (χ2n) is 6.88. The highest BCUT2D eigenvalue weighted by atomic mass is 31.1. The first-order valence-electron chi connectivity index (χ1n) is 6.00. The molecule has 0 heterocycles. The molecule has 3 nitrogen and oxygen atoms in total. The highest BCUT2D eigenvalue weighted by Gasteiger charge is 2.44. The summed E-state index contributed by atoms with van der Waals surface area (Å²) >= 11 is 0. The van der Waals surface area contributed by atoms with E-state index in [1.54, 1.807) is 0 Å². The maximum absolute atomic E-state index is 11.5. The van der Waals surface area contributed by atoms with E-state index >= 15 is 0 Å². The minimum Gasteiger partial charge on any atom is -0.481 e. The molecule has 0 aliphatic heterocycles. The van der Waals surface area contributed by atoms with E-state index in [-0.39, 0.29) is 25.7 Å². The molecule has 0 saturated heterocycles. The molecule has 0 aromatic carbocycles. The van der Waals surface area contributed by atoms with Gasteiger partial charge in [-0.2, -0.15) is 0 Å². The van der Waals surface area contributed by atoms with Gasteiger partial charge in [-0.25, -0.2) is 0 Å². The lowest BCUT2D eigenvalue weighted by molar-refractivity contribution is -0.137. The summed E-state index contributed by atoms with van der Waals surface area (Å²) in [5, 5.41) is 8.28. The Bertz CT molecular complexity index is 292. The van der Waals surface area contributed by atoms with Crippen molar-refractivity contribution in [1.82, 2.24) is 0 Å². The highest BCUT2D eigenvalue weighted by molar-refractivity contribution is 7.26. The average Bonchev–Trinajstić information content (AvgIpc) is 2.09. The summed E-state index contributed by atoms with van der Waals surface area (Å²) < 4.78 is 11.5. The first kappa shape index (κ1) is 16.6. The van der Waals surface area contributed by atoms with Crippen LogP contribution in [-0.2, 0) is 9.36 Å². The second-order valence-corrected chi connectivity index (χ2v) is 8.05. The van der Waals surface area contributed by atoms with Crippen molar-refractivity contribution in [2.45, 2.75) is 66.0 Å². The third-order valence-electron chi connectivity index (χ3n) is 3.46. The first-order valence-corrected chi connectivity index (χ1v) is 6.81. The largest absolute Gasteiger partial charge is 0.481 e. The van der Waals surface area contributed by atoms with E-state index < -0.39 is 11.1 Å². The zero-order valence-corrected chi connectivity index (χ0v) is 12.7. The summed E-state index contributed by atoms with van der Waals surface area (Å²) in [6.45, 7) is 12.5. The van der Waals surface area contributed by atoms with E-state index in [9.17, 15) is 9.36 Å². The fourth-order valence-electron chi connectivity index (χ4n) is 2.37. The van der Waals surface area contributed by atoms with Crippen LogP contribution in [0, 0.1) is 10.8 Å². The monoisotopic (exact) mass is 260 g/mol. The Morgan fingerprint density at radius 2 is 1.59 bits per heavy atom. The smallest absolute Gasteiger partial charge is 0.303 e. The van der Waals surface area contributed by atoms with Gasteiger partial charge in [0.05, 0.1) is 5.16 Å². The Morgan fingerprint density at radius 3 is 1.88 bits per heavy atom. The molecule has 0 amide bonds. The minimum absolute atomic E-state index is 0.0369. The van der Waals surface area contributed by atoms with Crippen molar-refractivity contribution in [3.63, 3.8) is 0 Å². The predicted octanol–water partition coefficient (Wildman–Crippen LogP) is 4.36. The molecule has 1 unspecified atom stereocenters. The molecule has 0 fully saturated rings. The lowest BCUT2D eigenvalue weighted by atomic mass is 9.67. The van der Waals surface area contributed by atoms with Gasteiger partial charge in [0, 0.05) is 6.42 Å². The maximum atomic E-state index is 11.5. The summed E-state index contributed by atoms with van der Waals surface area (Å²) in [5.74, 6) is -0.827. The average molecular weight is 260 g/mol. The Labute approximate surface area is 106 Å². The molecule has 0 rings (SSSR count). The normalized spacial score (nSPS) is 16.8. The van der Waals surface area contributed by atoms with Crippen molar-refractivity contribution in [3.8, 4) is 0 Å². The Balaban J connectivity index is 4.93. The molecule has 17 heavy (non-hydrogen) atoms. The van der Waals surface area contributed by atoms with Crippen molar-refractivity contribution in [3.05, 3.63) is 0 Å². The number of carboxylic acids is 1. The molecule has 0 aromatic heterocycles. The summed E-state index contributed by atoms with van der Waals surface area (Å²) in [6.07, 6.45) is 1.42. The Morgan fingerprint density at radius 1 is 1.12 bits per heavy atom. The van der Waals surface area contributed by atoms with Crippen LogP contribution in [0.3, 0.4) is 0 Å². The lowest BCUT2D eigenvalue weighted by Crippen LogP contribution is -2.40. The zero-order chi connectivity index (χ0) is 13.9. The van der Waals surface area contributed by atoms with Gasteiger partial charge >= 0.3 is 5.97 Å². The molecule has 1 atom stereocenters. The van der Waals surface area contributed by atoms with Gasteiger partial charge in [-0.3, -0.25) is 9.36 Å². The first-order chi connectivity index (χ1) is 7.43. The molecule has 4 heteroatoms. The van der Waals surface area contributed by atoms with Gasteiger partial charge in [0.15, 0.2) is 8.46 Å². The number of hydrogen-bond acceptors (Lipinski definition) is 2. The molecule has 0 saturated carbocycles. The topological polar surface area (TPSA) is 54.4 Å². The maximum Gasteiger partial charge on any atom is 0.303 e. The standard InChI is InChI=1S/C13H25O3P/c1-11(2,3)9-12(4,5)13(6,17-16)8-7-10(14)15/h7-9H2,1-6H3,(H,14,15). The molecule has 100 valence electrons. The van der Waals surface area contributed by atoms with Crippen LogP contribution in [0.2, 0.25) is 0 Å². The fraction of sp³-hybridized carbons (Fsp3) is 0.923. The quantitative estimate of drug-likeness (QED) is 0.722. The molecule has 0 aliphatic carbocycles. The number of carbonyl (C=O) groups is 1. The van der Waals surface area contributed by atoms with Crippen molar-refractivity contribution >= 4 is 14.4 Å². The van der Waals surface area contributed by atoms with Gasteiger partial charge in [-0.15, -0.1) is 0 Å². The molecule has 0 radical (unpaired) electrons. The van der Waals surface area contributed by atoms with E-state index in [2.05, 4.69) is 34.6 Å². The zero-order valence-electron chi connectivity index (χ0n) is 11.8. The van der Waals surface area contributed by atoms with E-state index in [0.717, 1.165) is 6.42 Å². The van der Waals surface area contributed by atoms with Crippen molar-refractivity contribution in [2.24, 2.45) is 10.8 Å². The summed E-state index contributed by atoms with van der Waals surface area (Å²) in [7, 11) is 0.0369. The van der Waals surface area contributed by atoms with E-state index in [0.29, 0.717) is 6.42 Å². The predicted molar refractivity (Wildman–Crippen MR) is 70.7 cm³/mol. The fourth-order valence-corrected chi connectivity index (χ4v) is 2.90. The number of aliphatic carboxylic acids is 1. The van der Waals surface area contributed by atoms with E-state index in [1.807, 2.05) is 6.92 Å². The van der Waals surface area contributed by atoms with Gasteiger partial charge in [-0.05, 0) is 30.6 Å². The Kier molecular flexibility index (Phi) is 5.34. The lowest BCUT2D eigenvalue weighted by Gasteiger charge is -2.43. The summed E-state index contributed by atoms with van der Waals surface area (Å²) in [6, 6.07) is 0. The van der Waals surface area contributed by atoms with Crippen molar-refractivity contribution in [2.75, 3.05) is 0 Å². The molecule has 1 N–H and O–H groups in total. The van der Waals surface area contributed by atoms with Gasteiger partial charge in [0.2, 0.25) is 0 Å². The number of rotatable bonds is 6. The van der Waals surface area contributed by atoms with Crippen LogP contribution >= 0.6 is 8.46 Å². The van der Waals surface area contributed by atoms with Crippen LogP contribution in [0.25, 0.3) is 0 Å². The van der Waals surface area contributed by atoms with Gasteiger partial charge in [0.1, 0.15) is 0 Å². The van der Waals surface area contributed by atoms with Gasteiger partial charge < -0.3 is 5.11 Å². The second kappa shape index (κ2) is 5.48. The van der Waals surface area contributed by atoms with Crippen LogP contribution < -0.4 is 0 Å². The molecular weight excluding hydrogens is 235 g/mol. The van der Waals surface area contributed by atoms with Crippen LogP contribution in [0.5, 0.6) is 0 Å². The van der Waals surface area contributed by atoms with Crippen LogP contribution in [0.15, 0.2) is 0 Å². The van der Waals surface area contributed by atoms with Crippen LogP contribution in [-0.4, -0.2) is 16.2 Å². The number of hydrogen-bond donors (Lipinski definition) is 1. The van der Waals surface area contributed by atoms with Crippen molar-refractivity contribution < 1.29 is 14.5 Å². The summed E-state index contributed by atoms with van der Waals surface area (Å²) in [4.78, 5) is 10.7. The SMILES string of the molecule is CC(C)(C)CC(C)(C)C(C)(CCC(=O)O)P=O.